The summed E-state index contributed by atoms with van der Waals surface area (Å²) in [6, 6.07) is 7.90. The first-order valence-corrected chi connectivity index (χ1v) is 9.67. The van der Waals surface area contributed by atoms with Crippen molar-refractivity contribution < 1.29 is 4.79 Å². The minimum atomic E-state index is -0.152. The monoisotopic (exact) mass is 364 g/mol. The zero-order valence-corrected chi connectivity index (χ0v) is 16.4. The Labute approximate surface area is 161 Å². The number of carbonyl (C=O) groups is 1. The first kappa shape index (κ1) is 19.1. The number of benzene rings is 1. The lowest BCUT2D eigenvalue weighted by atomic mass is 9.97. The number of aryl methyl sites for hydroxylation is 3. The number of allylic oxidation sites excluding steroid dienone is 1. The van der Waals surface area contributed by atoms with Crippen molar-refractivity contribution in [3.63, 3.8) is 0 Å². The second kappa shape index (κ2) is 8.80. The Morgan fingerprint density at radius 3 is 2.74 bits per heavy atom. The van der Waals surface area contributed by atoms with Gasteiger partial charge in [0.25, 0.3) is 5.91 Å². The summed E-state index contributed by atoms with van der Waals surface area (Å²) in [5.74, 6) is 0.296. The van der Waals surface area contributed by atoms with Gasteiger partial charge >= 0.3 is 0 Å². The summed E-state index contributed by atoms with van der Waals surface area (Å²) >= 11 is 0. The van der Waals surface area contributed by atoms with Crippen LogP contribution in [-0.4, -0.2) is 22.4 Å². The van der Waals surface area contributed by atoms with Gasteiger partial charge in [0.1, 0.15) is 5.69 Å². The smallest absolute Gasteiger partial charge is 0.270 e. The molecule has 3 rings (SSSR count). The fourth-order valence-corrected chi connectivity index (χ4v) is 3.29. The molecule has 27 heavy (non-hydrogen) atoms. The van der Waals surface area contributed by atoms with E-state index in [0.29, 0.717) is 18.2 Å². The number of hydrogen-bond donors (Lipinski definition) is 2. The average molecular weight is 364 g/mol. The van der Waals surface area contributed by atoms with Gasteiger partial charge in [0.2, 0.25) is 5.95 Å². The van der Waals surface area contributed by atoms with Gasteiger partial charge < -0.3 is 10.6 Å². The third kappa shape index (κ3) is 5.39. The van der Waals surface area contributed by atoms with Crippen LogP contribution in [0.25, 0.3) is 0 Å². The molecule has 2 N–H and O–H groups in total. The molecule has 1 aliphatic carbocycles. The van der Waals surface area contributed by atoms with Gasteiger partial charge in [-0.15, -0.1) is 0 Å². The summed E-state index contributed by atoms with van der Waals surface area (Å²) in [7, 11) is 0. The molecule has 0 saturated carbocycles. The Morgan fingerprint density at radius 2 is 1.96 bits per heavy atom. The molecule has 1 aliphatic rings. The van der Waals surface area contributed by atoms with E-state index in [2.05, 4.69) is 44.9 Å². The highest BCUT2D eigenvalue weighted by atomic mass is 16.1. The maximum Gasteiger partial charge on any atom is 0.270 e. The van der Waals surface area contributed by atoms with Crippen LogP contribution in [0, 0.1) is 20.8 Å². The molecule has 0 radical (unpaired) electrons. The normalized spacial score (nSPS) is 13.8. The van der Waals surface area contributed by atoms with Crippen LogP contribution in [-0.2, 0) is 0 Å². The summed E-state index contributed by atoms with van der Waals surface area (Å²) < 4.78 is 0. The standard InChI is InChI=1S/C22H28N4O/c1-15-9-10-16(2)19(13-15)25-22-24-17(3)14-20(26-22)21(27)23-12-11-18-7-5-4-6-8-18/h7,9-10,13-14H,4-6,8,11-12H2,1-3H3,(H,23,27)(H,24,25,26). The van der Waals surface area contributed by atoms with Gasteiger partial charge in [-0.25, -0.2) is 9.97 Å². The number of anilines is 2. The van der Waals surface area contributed by atoms with Crippen molar-refractivity contribution >= 4 is 17.5 Å². The van der Waals surface area contributed by atoms with Crippen molar-refractivity contribution in [1.29, 1.82) is 0 Å². The van der Waals surface area contributed by atoms with Crippen molar-refractivity contribution in [2.24, 2.45) is 0 Å². The Morgan fingerprint density at radius 1 is 1.11 bits per heavy atom. The molecule has 0 unspecified atom stereocenters. The molecular weight excluding hydrogens is 336 g/mol. The molecule has 5 heteroatoms. The fourth-order valence-electron chi connectivity index (χ4n) is 3.29. The molecule has 2 aromatic rings. The summed E-state index contributed by atoms with van der Waals surface area (Å²) in [6.45, 7) is 6.60. The van der Waals surface area contributed by atoms with Crippen LogP contribution in [0.15, 0.2) is 35.9 Å². The number of carbonyl (C=O) groups excluding carboxylic acids is 1. The van der Waals surface area contributed by atoms with E-state index in [9.17, 15) is 4.79 Å². The van der Waals surface area contributed by atoms with Crippen molar-refractivity contribution in [2.45, 2.75) is 52.9 Å². The zero-order chi connectivity index (χ0) is 19.2. The number of aromatic nitrogens is 2. The number of nitrogens with one attached hydrogen (secondary N) is 2. The first-order chi connectivity index (χ1) is 13.0. The fraction of sp³-hybridized carbons (Fsp3) is 0.409. The lowest BCUT2D eigenvalue weighted by Gasteiger charge is -2.13. The van der Waals surface area contributed by atoms with Gasteiger partial charge in [-0.3, -0.25) is 4.79 Å². The van der Waals surface area contributed by atoms with Crippen LogP contribution in [0.1, 0.15) is 59.4 Å². The molecule has 0 bridgehead atoms. The molecule has 0 fully saturated rings. The molecule has 1 heterocycles. The Bertz CT molecular complexity index is 857. The zero-order valence-electron chi connectivity index (χ0n) is 16.4. The van der Waals surface area contributed by atoms with E-state index < -0.39 is 0 Å². The van der Waals surface area contributed by atoms with Gasteiger partial charge in [-0.05, 0) is 76.1 Å². The molecule has 5 nitrogen and oxygen atoms in total. The van der Waals surface area contributed by atoms with E-state index >= 15 is 0 Å². The quantitative estimate of drug-likeness (QED) is 0.725. The number of nitrogens with zero attached hydrogens (tertiary/aromatic N) is 2. The van der Waals surface area contributed by atoms with Gasteiger partial charge in [0.05, 0.1) is 0 Å². The topological polar surface area (TPSA) is 66.9 Å². The minimum Gasteiger partial charge on any atom is -0.350 e. The van der Waals surface area contributed by atoms with Crippen molar-refractivity contribution in [3.05, 3.63) is 58.4 Å². The minimum absolute atomic E-state index is 0.152. The van der Waals surface area contributed by atoms with E-state index in [4.69, 9.17) is 0 Å². The largest absolute Gasteiger partial charge is 0.350 e. The maximum absolute atomic E-state index is 12.5. The number of amides is 1. The Kier molecular flexibility index (Phi) is 6.22. The van der Waals surface area contributed by atoms with Crippen LogP contribution in [0.2, 0.25) is 0 Å². The van der Waals surface area contributed by atoms with E-state index in [0.717, 1.165) is 35.3 Å². The summed E-state index contributed by atoms with van der Waals surface area (Å²) in [5.41, 5.74) is 5.84. The van der Waals surface area contributed by atoms with Crippen LogP contribution in [0.5, 0.6) is 0 Å². The molecule has 0 saturated heterocycles. The molecule has 0 atom stereocenters. The highest BCUT2D eigenvalue weighted by Crippen LogP contribution is 2.21. The van der Waals surface area contributed by atoms with E-state index in [1.54, 1.807) is 6.07 Å². The average Bonchev–Trinajstić information content (AvgIpc) is 2.65. The lowest BCUT2D eigenvalue weighted by Crippen LogP contribution is -2.26. The SMILES string of the molecule is Cc1ccc(C)c(Nc2nc(C)cc(C(=O)NCCC3=CCCCC3)n2)c1. The molecular formula is C22H28N4O. The van der Waals surface area contributed by atoms with E-state index in [1.807, 2.05) is 20.8 Å². The highest BCUT2D eigenvalue weighted by Gasteiger charge is 2.12. The van der Waals surface area contributed by atoms with Crippen molar-refractivity contribution in [3.8, 4) is 0 Å². The van der Waals surface area contributed by atoms with Gasteiger partial charge in [0, 0.05) is 17.9 Å². The predicted octanol–water partition coefficient (Wildman–Crippen LogP) is 4.77. The second-order valence-corrected chi connectivity index (χ2v) is 7.28. The Balaban J connectivity index is 1.66. The first-order valence-electron chi connectivity index (χ1n) is 9.67. The van der Waals surface area contributed by atoms with E-state index in [1.165, 1.54) is 24.8 Å². The maximum atomic E-state index is 12.5. The van der Waals surface area contributed by atoms with Gasteiger partial charge in [-0.2, -0.15) is 0 Å². The van der Waals surface area contributed by atoms with Crippen LogP contribution >= 0.6 is 0 Å². The summed E-state index contributed by atoms with van der Waals surface area (Å²) in [6.07, 6.45) is 8.11. The predicted molar refractivity (Wildman–Crippen MR) is 109 cm³/mol. The Hall–Kier alpha value is -2.69. The summed E-state index contributed by atoms with van der Waals surface area (Å²) in [5, 5.41) is 6.23. The summed E-state index contributed by atoms with van der Waals surface area (Å²) in [4.78, 5) is 21.4. The third-order valence-electron chi connectivity index (χ3n) is 4.84. The number of rotatable bonds is 6. The van der Waals surface area contributed by atoms with Crippen molar-refractivity contribution in [2.75, 3.05) is 11.9 Å². The van der Waals surface area contributed by atoms with E-state index in [-0.39, 0.29) is 5.91 Å². The van der Waals surface area contributed by atoms with Crippen LogP contribution in [0.3, 0.4) is 0 Å². The molecule has 142 valence electrons. The van der Waals surface area contributed by atoms with Gasteiger partial charge in [0.15, 0.2) is 0 Å². The molecule has 1 amide bonds. The second-order valence-electron chi connectivity index (χ2n) is 7.28. The highest BCUT2D eigenvalue weighted by molar-refractivity contribution is 5.92. The lowest BCUT2D eigenvalue weighted by molar-refractivity contribution is 0.0949. The van der Waals surface area contributed by atoms with Crippen LogP contribution < -0.4 is 10.6 Å². The third-order valence-corrected chi connectivity index (χ3v) is 4.84. The molecule has 1 aromatic carbocycles. The van der Waals surface area contributed by atoms with Crippen LogP contribution in [0.4, 0.5) is 11.6 Å². The molecule has 0 aliphatic heterocycles. The number of hydrogen-bond acceptors (Lipinski definition) is 4. The molecule has 1 aromatic heterocycles. The van der Waals surface area contributed by atoms with Crippen molar-refractivity contribution in [1.82, 2.24) is 15.3 Å². The van der Waals surface area contributed by atoms with Gasteiger partial charge in [-0.1, -0.05) is 23.8 Å². The molecule has 0 spiro atoms.